The summed E-state index contributed by atoms with van der Waals surface area (Å²) >= 11 is 0. The number of amides is 3. The lowest BCUT2D eigenvalue weighted by Crippen LogP contribution is -2.52. The Labute approximate surface area is 202 Å². The zero-order chi connectivity index (χ0) is 25.4. The molecule has 0 bridgehead atoms. The van der Waals surface area contributed by atoms with Gasteiger partial charge in [-0.1, -0.05) is 29.5 Å². The smallest absolute Gasteiger partial charge is 0.406 e. The maximum atomic E-state index is 12.8. The van der Waals surface area contributed by atoms with E-state index < -0.39 is 18.3 Å². The van der Waals surface area contributed by atoms with E-state index in [1.165, 1.54) is 29.2 Å². The number of carbonyl (C=O) groups is 3. The Kier molecular flexibility index (Phi) is 5.94. The number of ether oxygens (including phenoxy) is 1. The van der Waals surface area contributed by atoms with Gasteiger partial charge in [-0.25, -0.2) is 4.68 Å². The van der Waals surface area contributed by atoms with Crippen LogP contribution < -0.4 is 10.1 Å². The lowest BCUT2D eigenvalue weighted by Gasteiger charge is -2.29. The molecule has 1 atom stereocenters. The highest BCUT2D eigenvalue weighted by molar-refractivity contribution is 6.05. The number of piperidine rings is 1. The first-order chi connectivity index (χ1) is 17.1. The summed E-state index contributed by atoms with van der Waals surface area (Å²) in [7, 11) is 0. The lowest BCUT2D eigenvalue weighted by molar-refractivity contribution is -0.274. The Bertz CT molecular complexity index is 1340. The van der Waals surface area contributed by atoms with Gasteiger partial charge in [-0.15, -0.1) is 18.3 Å². The Morgan fingerprint density at radius 1 is 1.06 bits per heavy atom. The van der Waals surface area contributed by atoms with Crippen molar-refractivity contribution in [3.05, 3.63) is 76.6 Å². The summed E-state index contributed by atoms with van der Waals surface area (Å²) in [5, 5.41) is 10.5. The largest absolute Gasteiger partial charge is 0.573 e. The molecule has 1 aromatic heterocycles. The average Bonchev–Trinajstić information content (AvgIpc) is 3.38. The summed E-state index contributed by atoms with van der Waals surface area (Å²) in [6, 6.07) is 10.3. The van der Waals surface area contributed by atoms with Crippen molar-refractivity contribution in [1.29, 1.82) is 0 Å². The van der Waals surface area contributed by atoms with Crippen LogP contribution in [0.2, 0.25) is 0 Å². The SMILES string of the molecule is O=C1CCC(N2Cc3cc(Cn4cc(Cc5ccc(OC(F)(F)F)cc5)nn4)ccc3C2=O)C(=O)N1. The second-order valence-electron chi connectivity index (χ2n) is 8.67. The van der Waals surface area contributed by atoms with Crippen molar-refractivity contribution in [2.75, 3.05) is 0 Å². The Balaban J connectivity index is 1.22. The van der Waals surface area contributed by atoms with E-state index in [0.29, 0.717) is 30.6 Å². The molecule has 0 spiro atoms. The van der Waals surface area contributed by atoms with Gasteiger partial charge in [0.05, 0.1) is 12.2 Å². The first kappa shape index (κ1) is 23.5. The number of rotatable bonds is 6. The molecule has 2 aromatic carbocycles. The van der Waals surface area contributed by atoms with Gasteiger partial charge in [-0.05, 0) is 41.3 Å². The first-order valence-electron chi connectivity index (χ1n) is 11.1. The minimum atomic E-state index is -4.74. The van der Waals surface area contributed by atoms with Crippen molar-refractivity contribution in [2.45, 2.75) is 44.8 Å². The number of fused-ring (bicyclic) bond motifs is 1. The van der Waals surface area contributed by atoms with Crippen molar-refractivity contribution in [1.82, 2.24) is 25.2 Å². The molecular weight excluding hydrogens is 479 g/mol. The van der Waals surface area contributed by atoms with Crippen molar-refractivity contribution in [3.63, 3.8) is 0 Å². The Hall–Kier alpha value is -4.22. The highest BCUT2D eigenvalue weighted by Crippen LogP contribution is 2.28. The van der Waals surface area contributed by atoms with Crippen LogP contribution in [0, 0.1) is 0 Å². The third-order valence-corrected chi connectivity index (χ3v) is 6.06. The first-order valence-corrected chi connectivity index (χ1v) is 11.1. The highest BCUT2D eigenvalue weighted by Gasteiger charge is 2.39. The molecular formula is C24H20F3N5O4. The van der Waals surface area contributed by atoms with E-state index in [1.54, 1.807) is 16.9 Å². The number of nitrogens with zero attached hydrogens (tertiary/aromatic N) is 4. The van der Waals surface area contributed by atoms with E-state index in [-0.39, 0.29) is 30.5 Å². The second kappa shape index (κ2) is 9.10. The van der Waals surface area contributed by atoms with E-state index in [9.17, 15) is 27.6 Å². The van der Waals surface area contributed by atoms with E-state index >= 15 is 0 Å². The van der Waals surface area contributed by atoms with E-state index in [0.717, 1.165) is 16.7 Å². The van der Waals surface area contributed by atoms with Gasteiger partial charge in [0.1, 0.15) is 11.8 Å². The number of carbonyl (C=O) groups excluding carboxylic acids is 3. The summed E-state index contributed by atoms with van der Waals surface area (Å²) in [5.74, 6) is -1.31. The molecule has 12 heteroatoms. The second-order valence-corrected chi connectivity index (χ2v) is 8.67. The molecule has 3 amide bonds. The molecule has 3 heterocycles. The molecule has 1 saturated heterocycles. The minimum Gasteiger partial charge on any atom is -0.406 e. The molecule has 0 radical (unpaired) electrons. The van der Waals surface area contributed by atoms with Crippen LogP contribution in [0.5, 0.6) is 5.75 Å². The van der Waals surface area contributed by atoms with Gasteiger partial charge in [0.15, 0.2) is 0 Å². The summed E-state index contributed by atoms with van der Waals surface area (Å²) < 4.78 is 42.4. The molecule has 5 rings (SSSR count). The fourth-order valence-electron chi connectivity index (χ4n) is 4.43. The third-order valence-electron chi connectivity index (χ3n) is 6.06. The molecule has 3 aromatic rings. The van der Waals surface area contributed by atoms with Gasteiger partial charge in [0.2, 0.25) is 11.8 Å². The number of hydrogen-bond acceptors (Lipinski definition) is 6. The number of imide groups is 1. The molecule has 0 aliphatic carbocycles. The molecule has 36 heavy (non-hydrogen) atoms. The summed E-state index contributed by atoms with van der Waals surface area (Å²) in [6.45, 7) is 0.677. The Morgan fingerprint density at radius 3 is 2.53 bits per heavy atom. The van der Waals surface area contributed by atoms with Gasteiger partial charge in [-0.3, -0.25) is 19.7 Å². The molecule has 186 valence electrons. The maximum Gasteiger partial charge on any atom is 0.573 e. The van der Waals surface area contributed by atoms with Crippen LogP contribution in [0.15, 0.2) is 48.7 Å². The number of halogens is 3. The van der Waals surface area contributed by atoms with Gasteiger partial charge in [-0.2, -0.15) is 0 Å². The molecule has 9 nitrogen and oxygen atoms in total. The van der Waals surface area contributed by atoms with Crippen molar-refractivity contribution in [2.24, 2.45) is 0 Å². The summed E-state index contributed by atoms with van der Waals surface area (Å²) in [6.07, 6.45) is -2.11. The topological polar surface area (TPSA) is 106 Å². The van der Waals surface area contributed by atoms with Crippen LogP contribution in [-0.4, -0.2) is 50.0 Å². The van der Waals surface area contributed by atoms with Crippen molar-refractivity contribution in [3.8, 4) is 5.75 Å². The third kappa shape index (κ3) is 5.07. The summed E-state index contributed by atoms with van der Waals surface area (Å²) in [4.78, 5) is 38.0. The van der Waals surface area contributed by atoms with Crippen LogP contribution in [0.25, 0.3) is 0 Å². The Morgan fingerprint density at radius 2 is 1.81 bits per heavy atom. The summed E-state index contributed by atoms with van der Waals surface area (Å²) in [5.41, 5.74) is 3.60. The molecule has 2 aliphatic heterocycles. The van der Waals surface area contributed by atoms with E-state index in [4.69, 9.17) is 0 Å². The molecule has 1 fully saturated rings. The molecule has 1 N–H and O–H groups in total. The van der Waals surface area contributed by atoms with E-state index in [1.807, 2.05) is 12.1 Å². The quantitative estimate of drug-likeness (QED) is 0.523. The van der Waals surface area contributed by atoms with Gasteiger partial charge in [0, 0.05) is 31.1 Å². The molecule has 2 aliphatic rings. The predicted octanol–water partition coefficient (Wildman–Crippen LogP) is 2.58. The van der Waals surface area contributed by atoms with Crippen LogP contribution in [0.1, 0.15) is 45.6 Å². The predicted molar refractivity (Wildman–Crippen MR) is 118 cm³/mol. The molecule has 0 saturated carbocycles. The normalized spacial score (nSPS) is 17.8. The standard InChI is InChI=1S/C24H20F3N5O4/c25-24(26,27)36-18-4-1-14(2-5-18)10-17-13-31(30-29-17)11-15-3-6-19-16(9-15)12-32(23(19)35)20-7-8-21(33)28-22(20)34/h1-6,9,13,20H,7-8,10-12H2,(H,28,33,34). The highest BCUT2D eigenvalue weighted by atomic mass is 19.4. The monoisotopic (exact) mass is 499 g/mol. The van der Waals surface area contributed by atoms with Crippen LogP contribution in [0.4, 0.5) is 13.2 Å². The molecule has 1 unspecified atom stereocenters. The number of hydrogen-bond donors (Lipinski definition) is 1. The number of benzene rings is 2. The zero-order valence-corrected chi connectivity index (χ0v) is 18.8. The fourth-order valence-corrected chi connectivity index (χ4v) is 4.43. The van der Waals surface area contributed by atoms with Crippen molar-refractivity contribution < 1.29 is 32.3 Å². The van der Waals surface area contributed by atoms with Gasteiger partial charge in [0.25, 0.3) is 5.91 Å². The number of nitrogens with one attached hydrogen (secondary N) is 1. The van der Waals surface area contributed by atoms with Crippen LogP contribution in [0.3, 0.4) is 0 Å². The van der Waals surface area contributed by atoms with Crippen LogP contribution >= 0.6 is 0 Å². The van der Waals surface area contributed by atoms with Crippen LogP contribution in [-0.2, 0) is 29.1 Å². The minimum absolute atomic E-state index is 0.196. The van der Waals surface area contributed by atoms with Gasteiger partial charge >= 0.3 is 6.36 Å². The number of alkyl halides is 3. The average molecular weight is 499 g/mol. The maximum absolute atomic E-state index is 12.8. The fraction of sp³-hybridized carbons (Fsp3) is 0.292. The zero-order valence-electron chi connectivity index (χ0n) is 18.8. The van der Waals surface area contributed by atoms with E-state index in [2.05, 4.69) is 20.4 Å². The number of aromatic nitrogens is 3. The van der Waals surface area contributed by atoms with Gasteiger partial charge < -0.3 is 9.64 Å². The lowest BCUT2D eigenvalue weighted by atomic mass is 10.0. The van der Waals surface area contributed by atoms with Crippen molar-refractivity contribution >= 4 is 17.7 Å².